The maximum Gasteiger partial charge on any atom is 0.123 e. The van der Waals surface area contributed by atoms with Gasteiger partial charge < -0.3 is 10.0 Å². The Kier molecular flexibility index (Phi) is 3.51. The average Bonchev–Trinajstić information content (AvgIpc) is 2.38. The molecular weight excluding hydrogens is 229 g/mol. The smallest absolute Gasteiger partial charge is 0.123 e. The molecule has 0 bridgehead atoms. The number of anilines is 1. The van der Waals surface area contributed by atoms with E-state index in [0.717, 1.165) is 11.3 Å². The fraction of sp³-hybridized carbons (Fsp3) is 0.200. The van der Waals surface area contributed by atoms with E-state index >= 15 is 0 Å². The van der Waals surface area contributed by atoms with Crippen LogP contribution in [0.15, 0.2) is 48.5 Å². The van der Waals surface area contributed by atoms with Crippen LogP contribution in [0.5, 0.6) is 5.75 Å². The molecule has 0 saturated carbocycles. The van der Waals surface area contributed by atoms with Crippen molar-refractivity contribution in [1.82, 2.24) is 0 Å². The zero-order chi connectivity index (χ0) is 13.1. The Balaban J connectivity index is 2.26. The van der Waals surface area contributed by atoms with E-state index in [2.05, 4.69) is 0 Å². The van der Waals surface area contributed by atoms with E-state index < -0.39 is 0 Å². The SMILES string of the molecule is CC(c1ccccc1O)N(C)c1ccc(F)cc1. The van der Waals surface area contributed by atoms with Crippen molar-refractivity contribution < 1.29 is 9.50 Å². The molecule has 1 unspecified atom stereocenters. The molecule has 0 radical (unpaired) electrons. The first-order valence-electron chi connectivity index (χ1n) is 5.86. The number of benzene rings is 2. The summed E-state index contributed by atoms with van der Waals surface area (Å²) in [4.78, 5) is 1.99. The van der Waals surface area contributed by atoms with Crippen molar-refractivity contribution in [2.24, 2.45) is 0 Å². The van der Waals surface area contributed by atoms with Crippen LogP contribution in [0.2, 0.25) is 0 Å². The van der Waals surface area contributed by atoms with Gasteiger partial charge in [-0.3, -0.25) is 0 Å². The first-order chi connectivity index (χ1) is 8.59. The number of nitrogens with zero attached hydrogens (tertiary/aromatic N) is 1. The second-order valence-corrected chi connectivity index (χ2v) is 4.32. The van der Waals surface area contributed by atoms with Gasteiger partial charge in [-0.05, 0) is 37.3 Å². The Morgan fingerprint density at radius 3 is 2.28 bits per heavy atom. The number of halogens is 1. The van der Waals surface area contributed by atoms with Crippen molar-refractivity contribution in [3.63, 3.8) is 0 Å². The molecule has 0 fully saturated rings. The summed E-state index contributed by atoms with van der Waals surface area (Å²) in [5.41, 5.74) is 1.76. The Morgan fingerprint density at radius 1 is 1.06 bits per heavy atom. The normalized spacial score (nSPS) is 12.2. The highest BCUT2D eigenvalue weighted by Crippen LogP contribution is 2.30. The third-order valence-corrected chi connectivity index (χ3v) is 3.20. The fourth-order valence-corrected chi connectivity index (χ4v) is 1.95. The van der Waals surface area contributed by atoms with Crippen molar-refractivity contribution in [2.75, 3.05) is 11.9 Å². The number of phenols is 1. The van der Waals surface area contributed by atoms with Crippen molar-refractivity contribution in [1.29, 1.82) is 0 Å². The minimum Gasteiger partial charge on any atom is -0.508 e. The second-order valence-electron chi connectivity index (χ2n) is 4.32. The highest BCUT2D eigenvalue weighted by molar-refractivity contribution is 5.49. The van der Waals surface area contributed by atoms with Crippen LogP contribution < -0.4 is 4.90 Å². The molecule has 18 heavy (non-hydrogen) atoms. The van der Waals surface area contributed by atoms with E-state index in [1.165, 1.54) is 12.1 Å². The van der Waals surface area contributed by atoms with Crippen LogP contribution in [-0.2, 0) is 0 Å². The van der Waals surface area contributed by atoms with Crippen molar-refractivity contribution in [2.45, 2.75) is 13.0 Å². The van der Waals surface area contributed by atoms with Gasteiger partial charge in [0.2, 0.25) is 0 Å². The molecule has 0 aliphatic carbocycles. The van der Waals surface area contributed by atoms with E-state index in [-0.39, 0.29) is 17.6 Å². The topological polar surface area (TPSA) is 23.5 Å². The molecule has 0 aromatic heterocycles. The van der Waals surface area contributed by atoms with Gasteiger partial charge in [-0.2, -0.15) is 0 Å². The standard InChI is InChI=1S/C15H16FNO/c1-11(14-5-3-4-6-15(14)18)17(2)13-9-7-12(16)8-10-13/h3-11,18H,1-2H3. The van der Waals surface area contributed by atoms with Gasteiger partial charge >= 0.3 is 0 Å². The molecule has 2 rings (SSSR count). The lowest BCUT2D eigenvalue weighted by molar-refractivity contribution is 0.462. The van der Waals surface area contributed by atoms with Gasteiger partial charge in [0.1, 0.15) is 11.6 Å². The Labute approximate surface area is 106 Å². The average molecular weight is 245 g/mol. The van der Waals surface area contributed by atoms with Gasteiger partial charge in [-0.1, -0.05) is 18.2 Å². The number of hydrogen-bond acceptors (Lipinski definition) is 2. The summed E-state index contributed by atoms with van der Waals surface area (Å²) in [5, 5.41) is 9.83. The van der Waals surface area contributed by atoms with Crippen LogP contribution in [-0.4, -0.2) is 12.2 Å². The third kappa shape index (κ3) is 2.45. The molecule has 0 aliphatic heterocycles. The molecule has 2 aromatic carbocycles. The van der Waals surface area contributed by atoms with Gasteiger partial charge in [-0.15, -0.1) is 0 Å². The first kappa shape index (κ1) is 12.4. The lowest BCUT2D eigenvalue weighted by atomic mass is 10.1. The maximum absolute atomic E-state index is 12.9. The monoisotopic (exact) mass is 245 g/mol. The fourth-order valence-electron chi connectivity index (χ4n) is 1.95. The van der Waals surface area contributed by atoms with Crippen LogP contribution in [0.4, 0.5) is 10.1 Å². The molecule has 0 aliphatic rings. The summed E-state index contributed by atoms with van der Waals surface area (Å²) in [6, 6.07) is 13.6. The van der Waals surface area contributed by atoms with Crippen LogP contribution >= 0.6 is 0 Å². The van der Waals surface area contributed by atoms with Crippen LogP contribution in [0.3, 0.4) is 0 Å². The summed E-state index contributed by atoms with van der Waals surface area (Å²) >= 11 is 0. The molecule has 1 N–H and O–H groups in total. The largest absolute Gasteiger partial charge is 0.508 e. The minimum absolute atomic E-state index is 0.0108. The quantitative estimate of drug-likeness (QED) is 0.890. The number of rotatable bonds is 3. The van der Waals surface area contributed by atoms with Gasteiger partial charge in [0.05, 0.1) is 6.04 Å². The summed E-state index contributed by atoms with van der Waals surface area (Å²) in [6.45, 7) is 2.00. The molecule has 2 nitrogen and oxygen atoms in total. The van der Waals surface area contributed by atoms with E-state index in [4.69, 9.17) is 0 Å². The zero-order valence-electron chi connectivity index (χ0n) is 10.5. The molecule has 0 amide bonds. The van der Waals surface area contributed by atoms with E-state index in [9.17, 15) is 9.50 Å². The first-order valence-corrected chi connectivity index (χ1v) is 5.86. The van der Waals surface area contributed by atoms with Gasteiger partial charge in [0.25, 0.3) is 0 Å². The zero-order valence-corrected chi connectivity index (χ0v) is 10.5. The van der Waals surface area contributed by atoms with Crippen LogP contribution in [0.1, 0.15) is 18.5 Å². The van der Waals surface area contributed by atoms with E-state index in [0.29, 0.717) is 0 Å². The molecule has 0 spiro atoms. The van der Waals surface area contributed by atoms with E-state index in [1.807, 2.05) is 31.0 Å². The van der Waals surface area contributed by atoms with Gasteiger partial charge in [0, 0.05) is 18.3 Å². The molecule has 2 aromatic rings. The number of phenolic OH excluding ortho intramolecular Hbond substituents is 1. The Bertz CT molecular complexity index is 524. The van der Waals surface area contributed by atoms with E-state index in [1.54, 1.807) is 24.3 Å². The lowest BCUT2D eigenvalue weighted by Crippen LogP contribution is -2.21. The molecule has 0 heterocycles. The van der Waals surface area contributed by atoms with Crippen LogP contribution in [0.25, 0.3) is 0 Å². The molecule has 1 atom stereocenters. The summed E-state index contributed by atoms with van der Waals surface area (Å²) < 4.78 is 12.9. The third-order valence-electron chi connectivity index (χ3n) is 3.20. The molecule has 0 saturated heterocycles. The highest BCUT2D eigenvalue weighted by atomic mass is 19.1. The van der Waals surface area contributed by atoms with Gasteiger partial charge in [-0.25, -0.2) is 4.39 Å². The second kappa shape index (κ2) is 5.08. The number of para-hydroxylation sites is 1. The summed E-state index contributed by atoms with van der Waals surface area (Å²) in [6.07, 6.45) is 0. The summed E-state index contributed by atoms with van der Waals surface area (Å²) in [5.74, 6) is 0.0290. The van der Waals surface area contributed by atoms with Crippen LogP contribution in [0, 0.1) is 5.82 Å². The van der Waals surface area contributed by atoms with Gasteiger partial charge in [0.15, 0.2) is 0 Å². The van der Waals surface area contributed by atoms with Crippen molar-refractivity contribution >= 4 is 5.69 Å². The summed E-state index contributed by atoms with van der Waals surface area (Å²) in [7, 11) is 1.92. The molecule has 94 valence electrons. The maximum atomic E-state index is 12.9. The highest BCUT2D eigenvalue weighted by Gasteiger charge is 2.15. The molecular formula is C15H16FNO. The Morgan fingerprint density at radius 2 is 1.67 bits per heavy atom. The molecule has 3 heteroatoms. The predicted molar refractivity (Wildman–Crippen MR) is 71.3 cm³/mol. The number of aromatic hydroxyl groups is 1. The Hall–Kier alpha value is -2.03. The van der Waals surface area contributed by atoms with Crippen molar-refractivity contribution in [3.05, 3.63) is 59.9 Å². The lowest BCUT2D eigenvalue weighted by Gasteiger charge is -2.27. The minimum atomic E-state index is -0.248. The van der Waals surface area contributed by atoms with Crippen molar-refractivity contribution in [3.8, 4) is 5.75 Å². The predicted octanol–water partition coefficient (Wildman–Crippen LogP) is 3.73. The number of hydrogen-bond donors (Lipinski definition) is 1.